The number of fused-ring (bicyclic) bond motifs is 1. The van der Waals surface area contributed by atoms with E-state index in [1.165, 1.54) is 23.2 Å². The van der Waals surface area contributed by atoms with Crippen LogP contribution in [0.1, 0.15) is 16.9 Å². The Morgan fingerprint density at radius 2 is 2.32 bits per heavy atom. The van der Waals surface area contributed by atoms with Gasteiger partial charge in [-0.05, 0) is 12.3 Å². The number of oxazole rings is 1. The number of aliphatic hydroxyl groups is 1. The van der Waals surface area contributed by atoms with Gasteiger partial charge < -0.3 is 14.4 Å². The van der Waals surface area contributed by atoms with Gasteiger partial charge in [-0.2, -0.15) is 0 Å². The smallest absolute Gasteiger partial charge is 0.275 e. The molecule has 8 nitrogen and oxygen atoms in total. The summed E-state index contributed by atoms with van der Waals surface area (Å²) < 4.78 is 29.8. The van der Waals surface area contributed by atoms with Crippen molar-refractivity contribution in [2.24, 2.45) is 11.3 Å². The Labute approximate surface area is 128 Å². The number of aromatic nitrogens is 1. The fraction of sp³-hybridized carbons (Fsp3) is 0.692. The zero-order valence-corrected chi connectivity index (χ0v) is 13.1. The quantitative estimate of drug-likeness (QED) is 0.793. The van der Waals surface area contributed by atoms with Crippen molar-refractivity contribution in [3.05, 3.63) is 18.4 Å². The molecule has 122 valence electrons. The van der Waals surface area contributed by atoms with Crippen LogP contribution in [0.5, 0.6) is 0 Å². The van der Waals surface area contributed by atoms with E-state index in [1.807, 2.05) is 0 Å². The highest BCUT2D eigenvalue weighted by Crippen LogP contribution is 2.42. The van der Waals surface area contributed by atoms with Gasteiger partial charge in [-0.1, -0.05) is 0 Å². The number of hydrogen-bond donors (Lipinski definition) is 1. The number of rotatable bonds is 3. The van der Waals surface area contributed by atoms with Crippen LogP contribution in [-0.2, 0) is 10.0 Å². The van der Waals surface area contributed by atoms with Crippen LogP contribution in [0.25, 0.3) is 0 Å². The van der Waals surface area contributed by atoms with Gasteiger partial charge in [0.2, 0.25) is 10.0 Å². The van der Waals surface area contributed by atoms with E-state index in [0.29, 0.717) is 26.1 Å². The highest BCUT2D eigenvalue weighted by Gasteiger charge is 2.52. The number of piperidine rings is 1. The molecule has 0 radical (unpaired) electrons. The first kappa shape index (κ1) is 15.4. The molecule has 2 aliphatic rings. The summed E-state index contributed by atoms with van der Waals surface area (Å²) in [7, 11) is -3.30. The average Bonchev–Trinajstić information content (AvgIpc) is 3.12. The zero-order chi connectivity index (χ0) is 16.0. The van der Waals surface area contributed by atoms with Crippen molar-refractivity contribution < 1.29 is 22.7 Å². The van der Waals surface area contributed by atoms with Gasteiger partial charge in [-0.3, -0.25) is 4.79 Å². The minimum absolute atomic E-state index is 0.0635. The van der Waals surface area contributed by atoms with E-state index < -0.39 is 15.4 Å². The molecule has 22 heavy (non-hydrogen) atoms. The van der Waals surface area contributed by atoms with Crippen LogP contribution in [0, 0.1) is 11.3 Å². The van der Waals surface area contributed by atoms with Crippen molar-refractivity contribution in [1.29, 1.82) is 0 Å². The van der Waals surface area contributed by atoms with Crippen LogP contribution in [0.2, 0.25) is 0 Å². The minimum atomic E-state index is -3.30. The molecule has 2 aliphatic heterocycles. The SMILES string of the molecule is CS(=O)(=O)N1C[C@@H]2CCN(C(=O)c3cocn3)C[C@]2(CO)C1. The first-order valence-electron chi connectivity index (χ1n) is 7.09. The first-order chi connectivity index (χ1) is 10.4. The van der Waals surface area contributed by atoms with Gasteiger partial charge in [0.25, 0.3) is 5.91 Å². The number of amides is 1. The molecule has 0 aliphatic carbocycles. The largest absolute Gasteiger partial charge is 0.451 e. The van der Waals surface area contributed by atoms with Gasteiger partial charge in [0.1, 0.15) is 6.26 Å². The fourth-order valence-electron chi connectivity index (χ4n) is 3.47. The lowest BCUT2D eigenvalue weighted by Crippen LogP contribution is -2.52. The molecule has 1 amide bonds. The summed E-state index contributed by atoms with van der Waals surface area (Å²) in [5.41, 5.74) is -0.370. The molecule has 3 heterocycles. The highest BCUT2D eigenvalue weighted by molar-refractivity contribution is 7.88. The van der Waals surface area contributed by atoms with Crippen LogP contribution < -0.4 is 0 Å². The standard InChI is InChI=1S/C13H19N3O5S/c1-22(19,20)16-4-10-2-3-15(6-13(10,7-16)8-17)12(18)11-5-21-9-14-11/h5,9-10,17H,2-4,6-8H2,1H3/t10-,13+/m0/s1. The van der Waals surface area contributed by atoms with E-state index in [0.717, 1.165) is 0 Å². The number of carbonyl (C=O) groups excluding carboxylic acids is 1. The molecule has 2 atom stereocenters. The normalized spacial score (nSPS) is 29.5. The van der Waals surface area contributed by atoms with Gasteiger partial charge in [-0.25, -0.2) is 17.7 Å². The molecule has 3 rings (SSSR count). The lowest BCUT2D eigenvalue weighted by molar-refractivity contribution is 0.0126. The molecular formula is C13H19N3O5S. The first-order valence-corrected chi connectivity index (χ1v) is 8.94. The molecule has 0 saturated carbocycles. The molecule has 2 fully saturated rings. The molecule has 0 unspecified atom stereocenters. The molecular weight excluding hydrogens is 310 g/mol. The lowest BCUT2D eigenvalue weighted by Gasteiger charge is -2.42. The summed E-state index contributed by atoms with van der Waals surface area (Å²) in [5.74, 6) is -0.189. The summed E-state index contributed by atoms with van der Waals surface area (Å²) in [5, 5.41) is 9.87. The summed E-state index contributed by atoms with van der Waals surface area (Å²) in [6.45, 7) is 1.36. The van der Waals surface area contributed by atoms with Gasteiger partial charge in [0, 0.05) is 31.6 Å². The molecule has 9 heteroatoms. The summed E-state index contributed by atoms with van der Waals surface area (Å²) in [6.07, 6.45) is 4.32. The number of carbonyl (C=O) groups is 1. The Morgan fingerprint density at radius 3 is 2.91 bits per heavy atom. The van der Waals surface area contributed by atoms with Crippen molar-refractivity contribution in [2.75, 3.05) is 39.0 Å². The van der Waals surface area contributed by atoms with Gasteiger partial charge in [0.05, 0.1) is 12.9 Å². The van der Waals surface area contributed by atoms with Gasteiger partial charge >= 0.3 is 0 Å². The van der Waals surface area contributed by atoms with E-state index in [2.05, 4.69) is 4.98 Å². The second kappa shape index (κ2) is 5.32. The summed E-state index contributed by atoms with van der Waals surface area (Å²) in [6, 6.07) is 0. The average molecular weight is 329 g/mol. The highest BCUT2D eigenvalue weighted by atomic mass is 32.2. The van der Waals surface area contributed by atoms with E-state index in [-0.39, 0.29) is 30.7 Å². The zero-order valence-electron chi connectivity index (χ0n) is 12.3. The van der Waals surface area contributed by atoms with E-state index in [4.69, 9.17) is 4.42 Å². The molecule has 0 spiro atoms. The Hall–Kier alpha value is -1.45. The predicted molar refractivity (Wildman–Crippen MR) is 76.4 cm³/mol. The third-order valence-electron chi connectivity index (χ3n) is 4.76. The van der Waals surface area contributed by atoms with E-state index in [1.54, 1.807) is 4.90 Å². The second-order valence-corrected chi connectivity index (χ2v) is 8.14. The monoisotopic (exact) mass is 329 g/mol. The van der Waals surface area contributed by atoms with Crippen molar-refractivity contribution >= 4 is 15.9 Å². The van der Waals surface area contributed by atoms with Crippen LogP contribution in [0.3, 0.4) is 0 Å². The predicted octanol–water partition coefficient (Wildman–Crippen LogP) is -0.609. The van der Waals surface area contributed by atoms with Crippen molar-refractivity contribution in [2.45, 2.75) is 6.42 Å². The maximum atomic E-state index is 12.4. The molecule has 1 N–H and O–H groups in total. The van der Waals surface area contributed by atoms with Crippen molar-refractivity contribution in [3.63, 3.8) is 0 Å². The summed E-state index contributed by atoms with van der Waals surface area (Å²) in [4.78, 5) is 17.9. The third kappa shape index (κ3) is 2.53. The number of nitrogens with zero attached hydrogens (tertiary/aromatic N) is 3. The second-order valence-electron chi connectivity index (χ2n) is 6.16. The Kier molecular flexibility index (Phi) is 3.74. The topological polar surface area (TPSA) is 104 Å². The number of sulfonamides is 1. The number of likely N-dealkylation sites (tertiary alicyclic amines) is 1. The van der Waals surface area contributed by atoms with Gasteiger partial charge in [0.15, 0.2) is 12.1 Å². The fourth-order valence-corrected chi connectivity index (χ4v) is 4.41. The molecule has 0 bridgehead atoms. The molecule has 0 aromatic carbocycles. The lowest BCUT2D eigenvalue weighted by atomic mass is 9.74. The maximum Gasteiger partial charge on any atom is 0.275 e. The Bertz CT molecular complexity index is 659. The molecule has 1 aromatic heterocycles. The minimum Gasteiger partial charge on any atom is -0.451 e. The van der Waals surface area contributed by atoms with E-state index in [9.17, 15) is 18.3 Å². The molecule has 1 aromatic rings. The van der Waals surface area contributed by atoms with Crippen LogP contribution in [0.4, 0.5) is 0 Å². The van der Waals surface area contributed by atoms with Crippen LogP contribution in [-0.4, -0.2) is 72.7 Å². The third-order valence-corrected chi connectivity index (χ3v) is 5.97. The van der Waals surface area contributed by atoms with Crippen molar-refractivity contribution in [1.82, 2.24) is 14.2 Å². The van der Waals surface area contributed by atoms with Crippen LogP contribution >= 0.6 is 0 Å². The Balaban J connectivity index is 1.81. The van der Waals surface area contributed by atoms with Crippen molar-refractivity contribution in [3.8, 4) is 0 Å². The maximum absolute atomic E-state index is 12.4. The summed E-state index contributed by atoms with van der Waals surface area (Å²) >= 11 is 0. The Morgan fingerprint density at radius 1 is 1.55 bits per heavy atom. The van der Waals surface area contributed by atoms with E-state index >= 15 is 0 Å². The molecule has 2 saturated heterocycles. The number of aliphatic hydroxyl groups excluding tert-OH is 1. The number of hydrogen-bond acceptors (Lipinski definition) is 6. The van der Waals surface area contributed by atoms with Gasteiger partial charge in [-0.15, -0.1) is 0 Å². The van der Waals surface area contributed by atoms with Crippen LogP contribution in [0.15, 0.2) is 17.1 Å².